The van der Waals surface area contributed by atoms with Crippen LogP contribution in [-0.2, 0) is 12.8 Å². The van der Waals surface area contributed by atoms with Gasteiger partial charge in [-0.05, 0) is 79.9 Å². The molecule has 0 aliphatic heterocycles. The largest absolute Gasteiger partial charge is 0.316 e. The number of rotatable bonds is 5. The van der Waals surface area contributed by atoms with Crippen LogP contribution in [0.15, 0.2) is 24.3 Å². The van der Waals surface area contributed by atoms with Gasteiger partial charge in [-0.1, -0.05) is 31.2 Å². The summed E-state index contributed by atoms with van der Waals surface area (Å²) in [6.07, 6.45) is 6.99. The lowest BCUT2D eigenvalue weighted by molar-refractivity contribution is 0.376. The molecule has 4 rings (SSSR count). The molecule has 1 nitrogen and oxygen atoms in total. The normalized spacial score (nSPS) is 38.8. The van der Waals surface area contributed by atoms with Crippen molar-refractivity contribution in [1.29, 1.82) is 0 Å². The SMILES string of the molecule is CCc1ccc(CC(NC)C2C3C4CCC(C4)C32)cc1. The van der Waals surface area contributed by atoms with Gasteiger partial charge in [-0.25, -0.2) is 0 Å². The summed E-state index contributed by atoms with van der Waals surface area (Å²) in [6.45, 7) is 2.23. The van der Waals surface area contributed by atoms with Crippen molar-refractivity contribution in [2.75, 3.05) is 7.05 Å². The van der Waals surface area contributed by atoms with Crippen molar-refractivity contribution in [2.45, 2.75) is 45.1 Å². The van der Waals surface area contributed by atoms with Crippen molar-refractivity contribution in [1.82, 2.24) is 5.32 Å². The van der Waals surface area contributed by atoms with Crippen LogP contribution < -0.4 is 5.32 Å². The Kier molecular flexibility index (Phi) is 3.14. The number of aryl methyl sites for hydroxylation is 1. The third kappa shape index (κ3) is 1.94. The molecule has 1 heteroatoms. The van der Waals surface area contributed by atoms with Crippen molar-refractivity contribution < 1.29 is 0 Å². The van der Waals surface area contributed by atoms with Gasteiger partial charge >= 0.3 is 0 Å². The van der Waals surface area contributed by atoms with Crippen LogP contribution in [0.1, 0.15) is 37.3 Å². The molecule has 20 heavy (non-hydrogen) atoms. The van der Waals surface area contributed by atoms with Crippen LogP contribution in [-0.4, -0.2) is 13.1 Å². The zero-order chi connectivity index (χ0) is 13.7. The Hall–Kier alpha value is -0.820. The number of fused-ring (bicyclic) bond motifs is 5. The topological polar surface area (TPSA) is 12.0 Å². The minimum absolute atomic E-state index is 0.709. The van der Waals surface area contributed by atoms with Gasteiger partial charge in [0.25, 0.3) is 0 Å². The lowest BCUT2D eigenvalue weighted by atomic mass is 9.93. The molecule has 0 heterocycles. The quantitative estimate of drug-likeness (QED) is 0.860. The fourth-order valence-corrected chi connectivity index (χ4v) is 5.53. The van der Waals surface area contributed by atoms with Gasteiger partial charge in [0.2, 0.25) is 0 Å². The number of hydrogen-bond donors (Lipinski definition) is 1. The van der Waals surface area contributed by atoms with E-state index in [0.717, 1.165) is 36.0 Å². The molecule has 0 aromatic heterocycles. The highest BCUT2D eigenvalue weighted by molar-refractivity contribution is 5.25. The van der Waals surface area contributed by atoms with Crippen LogP contribution in [0.2, 0.25) is 0 Å². The van der Waals surface area contributed by atoms with Crippen LogP contribution in [0, 0.1) is 29.6 Å². The van der Waals surface area contributed by atoms with Gasteiger partial charge in [-0.15, -0.1) is 0 Å². The van der Waals surface area contributed by atoms with E-state index in [1.54, 1.807) is 6.42 Å². The summed E-state index contributed by atoms with van der Waals surface area (Å²) in [5.41, 5.74) is 2.97. The fraction of sp³-hybridized carbons (Fsp3) is 0.684. The van der Waals surface area contributed by atoms with Crippen LogP contribution in [0.3, 0.4) is 0 Å². The highest BCUT2D eigenvalue weighted by atomic mass is 14.9. The molecular formula is C19H27N. The summed E-state index contributed by atoms with van der Waals surface area (Å²) in [4.78, 5) is 0. The minimum atomic E-state index is 0.709. The van der Waals surface area contributed by atoms with Gasteiger partial charge in [-0.2, -0.15) is 0 Å². The monoisotopic (exact) mass is 269 g/mol. The Labute approximate surface area is 123 Å². The summed E-state index contributed by atoms with van der Waals surface area (Å²) >= 11 is 0. The second-order valence-electron chi connectivity index (χ2n) is 7.33. The smallest absolute Gasteiger partial charge is 0.0138 e. The molecule has 5 atom stereocenters. The number of benzene rings is 1. The van der Waals surface area contributed by atoms with Crippen molar-refractivity contribution in [2.24, 2.45) is 29.6 Å². The molecule has 0 radical (unpaired) electrons. The summed E-state index contributed by atoms with van der Waals surface area (Å²) < 4.78 is 0. The first-order valence-corrected chi connectivity index (χ1v) is 8.57. The van der Waals surface area contributed by atoms with Gasteiger partial charge in [0.1, 0.15) is 0 Å². The van der Waals surface area contributed by atoms with Crippen LogP contribution in [0.5, 0.6) is 0 Å². The summed E-state index contributed by atoms with van der Waals surface area (Å²) in [6, 6.07) is 10.0. The maximum absolute atomic E-state index is 3.64. The van der Waals surface area contributed by atoms with Crippen LogP contribution in [0.25, 0.3) is 0 Å². The molecule has 1 aromatic carbocycles. The van der Waals surface area contributed by atoms with E-state index in [2.05, 4.69) is 43.6 Å². The van der Waals surface area contributed by atoms with Crippen LogP contribution >= 0.6 is 0 Å². The van der Waals surface area contributed by atoms with Crippen molar-refractivity contribution in [3.8, 4) is 0 Å². The van der Waals surface area contributed by atoms with E-state index < -0.39 is 0 Å². The predicted octanol–water partition coefficient (Wildman–Crippen LogP) is 3.67. The zero-order valence-corrected chi connectivity index (χ0v) is 12.8. The Morgan fingerprint density at radius 2 is 1.65 bits per heavy atom. The van der Waals surface area contributed by atoms with Gasteiger partial charge in [-0.3, -0.25) is 0 Å². The van der Waals surface area contributed by atoms with E-state index in [1.165, 1.54) is 30.4 Å². The van der Waals surface area contributed by atoms with E-state index >= 15 is 0 Å². The minimum Gasteiger partial charge on any atom is -0.316 e. The van der Waals surface area contributed by atoms with E-state index in [0.29, 0.717) is 6.04 Å². The Bertz CT molecular complexity index is 461. The molecule has 0 saturated heterocycles. The number of hydrogen-bond acceptors (Lipinski definition) is 1. The standard InChI is InChI=1S/C19H27N/c1-3-12-4-6-13(7-5-12)10-16(20-2)19-17-14-8-9-15(11-14)18(17)19/h4-7,14-20H,3,8-11H2,1-2H3. The third-order valence-corrected chi connectivity index (χ3v) is 6.52. The molecule has 3 saturated carbocycles. The molecule has 3 aliphatic rings. The van der Waals surface area contributed by atoms with Crippen molar-refractivity contribution in [3.63, 3.8) is 0 Å². The first kappa shape index (κ1) is 12.9. The molecular weight excluding hydrogens is 242 g/mol. The van der Waals surface area contributed by atoms with Gasteiger partial charge < -0.3 is 5.32 Å². The Morgan fingerprint density at radius 1 is 1.05 bits per heavy atom. The second-order valence-corrected chi connectivity index (χ2v) is 7.33. The average Bonchev–Trinajstić information content (AvgIpc) is 2.91. The van der Waals surface area contributed by atoms with E-state index in [1.807, 2.05) is 0 Å². The van der Waals surface area contributed by atoms with E-state index in [9.17, 15) is 0 Å². The van der Waals surface area contributed by atoms with E-state index in [-0.39, 0.29) is 0 Å². The molecule has 108 valence electrons. The fourth-order valence-electron chi connectivity index (χ4n) is 5.53. The maximum Gasteiger partial charge on any atom is 0.0138 e. The summed E-state index contributed by atoms with van der Waals surface area (Å²) in [5, 5.41) is 3.64. The van der Waals surface area contributed by atoms with Crippen LogP contribution in [0.4, 0.5) is 0 Å². The maximum atomic E-state index is 3.64. The average molecular weight is 269 g/mol. The number of likely N-dealkylation sites (N-methyl/N-ethyl adjacent to an activating group) is 1. The van der Waals surface area contributed by atoms with Crippen molar-refractivity contribution in [3.05, 3.63) is 35.4 Å². The van der Waals surface area contributed by atoms with Gasteiger partial charge in [0.15, 0.2) is 0 Å². The molecule has 0 amide bonds. The summed E-state index contributed by atoms with van der Waals surface area (Å²) in [5.74, 6) is 5.33. The van der Waals surface area contributed by atoms with E-state index in [4.69, 9.17) is 0 Å². The molecule has 5 unspecified atom stereocenters. The highest BCUT2D eigenvalue weighted by Gasteiger charge is 2.66. The first-order valence-electron chi connectivity index (χ1n) is 8.57. The lowest BCUT2D eigenvalue weighted by Crippen LogP contribution is -2.32. The molecule has 2 bridgehead atoms. The molecule has 3 fully saturated rings. The van der Waals surface area contributed by atoms with Gasteiger partial charge in [0, 0.05) is 6.04 Å². The molecule has 1 N–H and O–H groups in total. The van der Waals surface area contributed by atoms with Gasteiger partial charge in [0.05, 0.1) is 0 Å². The number of nitrogens with one attached hydrogen (secondary N) is 1. The highest BCUT2D eigenvalue weighted by Crippen LogP contribution is 2.70. The van der Waals surface area contributed by atoms with Crippen molar-refractivity contribution >= 4 is 0 Å². The Balaban J connectivity index is 1.44. The molecule has 3 aliphatic carbocycles. The molecule has 1 aromatic rings. The molecule has 0 spiro atoms. The lowest BCUT2D eigenvalue weighted by Gasteiger charge is -2.20. The summed E-state index contributed by atoms with van der Waals surface area (Å²) in [7, 11) is 2.17. The predicted molar refractivity (Wildman–Crippen MR) is 83.7 cm³/mol. The third-order valence-electron chi connectivity index (χ3n) is 6.52. The second kappa shape index (κ2) is 4.87. The zero-order valence-electron chi connectivity index (χ0n) is 12.8. The first-order chi connectivity index (χ1) is 9.81. The Morgan fingerprint density at radius 3 is 2.20 bits per heavy atom.